The van der Waals surface area contributed by atoms with Crippen LogP contribution in [0.1, 0.15) is 53.0 Å². The van der Waals surface area contributed by atoms with Gasteiger partial charge in [-0.05, 0) is 66.3 Å². The largest absolute Gasteiger partial charge is 0.493 e. The van der Waals surface area contributed by atoms with Crippen molar-refractivity contribution >= 4 is 22.7 Å². The number of hydrogen-bond donors (Lipinski definition) is 4. The first kappa shape index (κ1) is 26.9. The standard InChI is InChI=1S/C31H35N3O4/c1-3-14-32-30(36)23-9-7-8-21(16-23)22-12-13-29(38-15-4-2)27(18-22)31(37)34-25(20-35)17-24-19-33-28-11-6-5-10-26(24)28/h5-13,16,18-19,25,33,35H,3-4,14-15,17,20H2,1-2H3,(H,32,36)(H,34,37)/t25-/m0/s1. The monoisotopic (exact) mass is 513 g/mol. The number of carbonyl (C=O) groups excluding carboxylic acids is 2. The van der Waals surface area contributed by atoms with E-state index in [1.165, 1.54) is 0 Å². The number of aromatic nitrogens is 1. The van der Waals surface area contributed by atoms with Gasteiger partial charge in [-0.2, -0.15) is 0 Å². The lowest BCUT2D eigenvalue weighted by molar-refractivity contribution is 0.0911. The van der Waals surface area contributed by atoms with E-state index >= 15 is 0 Å². The van der Waals surface area contributed by atoms with Gasteiger partial charge in [0.05, 0.1) is 24.8 Å². The van der Waals surface area contributed by atoms with E-state index in [4.69, 9.17) is 4.74 Å². The number of rotatable bonds is 12. The zero-order valence-corrected chi connectivity index (χ0v) is 21.9. The Morgan fingerprint density at radius 1 is 0.947 bits per heavy atom. The van der Waals surface area contributed by atoms with Crippen molar-refractivity contribution in [1.29, 1.82) is 0 Å². The van der Waals surface area contributed by atoms with E-state index in [-0.39, 0.29) is 18.4 Å². The van der Waals surface area contributed by atoms with Gasteiger partial charge < -0.3 is 25.5 Å². The second-order valence-electron chi connectivity index (χ2n) is 9.31. The Labute approximate surface area is 223 Å². The normalized spacial score (nSPS) is 11.8. The van der Waals surface area contributed by atoms with Gasteiger partial charge in [0, 0.05) is 29.2 Å². The van der Waals surface area contributed by atoms with Gasteiger partial charge in [0.15, 0.2) is 0 Å². The van der Waals surface area contributed by atoms with Gasteiger partial charge in [0.25, 0.3) is 11.8 Å². The molecule has 0 aliphatic carbocycles. The van der Waals surface area contributed by atoms with Crippen LogP contribution in [0.2, 0.25) is 0 Å². The first-order valence-corrected chi connectivity index (χ1v) is 13.2. The smallest absolute Gasteiger partial charge is 0.255 e. The molecule has 0 aliphatic heterocycles. The van der Waals surface area contributed by atoms with Gasteiger partial charge in [-0.25, -0.2) is 0 Å². The molecular weight excluding hydrogens is 478 g/mol. The minimum Gasteiger partial charge on any atom is -0.493 e. The molecule has 3 aromatic carbocycles. The summed E-state index contributed by atoms with van der Waals surface area (Å²) in [7, 11) is 0. The number of nitrogens with one attached hydrogen (secondary N) is 3. The fourth-order valence-corrected chi connectivity index (χ4v) is 4.40. The summed E-state index contributed by atoms with van der Waals surface area (Å²) in [5.41, 5.74) is 4.60. The first-order valence-electron chi connectivity index (χ1n) is 13.2. The first-order chi connectivity index (χ1) is 18.5. The Morgan fingerprint density at radius 3 is 2.55 bits per heavy atom. The third kappa shape index (κ3) is 6.42. The summed E-state index contributed by atoms with van der Waals surface area (Å²) < 4.78 is 5.89. The Kier molecular flexibility index (Phi) is 9.16. The summed E-state index contributed by atoms with van der Waals surface area (Å²) in [4.78, 5) is 29.2. The summed E-state index contributed by atoms with van der Waals surface area (Å²) in [5.74, 6) is 0.0278. The number of aliphatic hydroxyl groups is 1. The number of benzene rings is 3. The van der Waals surface area contributed by atoms with E-state index in [9.17, 15) is 14.7 Å². The van der Waals surface area contributed by atoms with Crippen LogP contribution >= 0.6 is 0 Å². The molecule has 0 saturated carbocycles. The fourth-order valence-electron chi connectivity index (χ4n) is 4.40. The third-order valence-corrected chi connectivity index (χ3v) is 6.38. The highest BCUT2D eigenvalue weighted by atomic mass is 16.5. The molecule has 7 nitrogen and oxygen atoms in total. The van der Waals surface area contributed by atoms with Crippen molar-refractivity contribution < 1.29 is 19.4 Å². The lowest BCUT2D eigenvalue weighted by atomic mass is 9.99. The second kappa shape index (κ2) is 12.9. The fraction of sp³-hybridized carbons (Fsp3) is 0.290. The lowest BCUT2D eigenvalue weighted by Crippen LogP contribution is -2.39. The van der Waals surface area contributed by atoms with Crippen molar-refractivity contribution in [2.75, 3.05) is 19.8 Å². The van der Waals surface area contributed by atoms with Gasteiger partial charge in [-0.3, -0.25) is 9.59 Å². The highest BCUT2D eigenvalue weighted by molar-refractivity contribution is 5.99. The van der Waals surface area contributed by atoms with Crippen LogP contribution in [0, 0.1) is 0 Å². The number of ether oxygens (including phenoxy) is 1. The molecule has 0 fully saturated rings. The SMILES string of the molecule is CCCNC(=O)c1cccc(-c2ccc(OCCC)c(C(=O)N[C@H](CO)Cc3c[nH]c4ccccc34)c2)c1. The quantitative estimate of drug-likeness (QED) is 0.212. The minimum atomic E-state index is -0.477. The molecule has 1 aromatic heterocycles. The number of fused-ring (bicyclic) bond motifs is 1. The van der Waals surface area contributed by atoms with Crippen molar-refractivity contribution in [3.05, 3.63) is 89.6 Å². The van der Waals surface area contributed by atoms with Gasteiger partial charge in [0.2, 0.25) is 0 Å². The van der Waals surface area contributed by atoms with Crippen LogP contribution in [-0.2, 0) is 6.42 Å². The molecule has 0 aliphatic rings. The maximum absolute atomic E-state index is 13.5. The molecule has 0 bridgehead atoms. The molecule has 38 heavy (non-hydrogen) atoms. The van der Waals surface area contributed by atoms with Crippen molar-refractivity contribution in [1.82, 2.24) is 15.6 Å². The van der Waals surface area contributed by atoms with E-state index in [1.54, 1.807) is 18.2 Å². The highest BCUT2D eigenvalue weighted by Gasteiger charge is 2.20. The Morgan fingerprint density at radius 2 is 1.76 bits per heavy atom. The second-order valence-corrected chi connectivity index (χ2v) is 9.31. The number of aromatic amines is 1. The van der Waals surface area contributed by atoms with E-state index < -0.39 is 6.04 Å². The summed E-state index contributed by atoms with van der Waals surface area (Å²) in [6.07, 6.45) is 4.06. The minimum absolute atomic E-state index is 0.127. The van der Waals surface area contributed by atoms with Crippen LogP contribution in [0.5, 0.6) is 5.75 Å². The summed E-state index contributed by atoms with van der Waals surface area (Å²) in [5, 5.41) is 17.0. The summed E-state index contributed by atoms with van der Waals surface area (Å²) in [6, 6.07) is 20.3. The average Bonchev–Trinajstić information content (AvgIpc) is 3.37. The molecule has 198 valence electrons. The molecule has 0 saturated heterocycles. The molecular formula is C31H35N3O4. The van der Waals surface area contributed by atoms with Crippen LogP contribution < -0.4 is 15.4 Å². The molecule has 0 spiro atoms. The zero-order valence-electron chi connectivity index (χ0n) is 21.9. The van der Waals surface area contributed by atoms with E-state index in [1.807, 2.05) is 68.6 Å². The molecule has 4 aromatic rings. The summed E-state index contributed by atoms with van der Waals surface area (Å²) in [6.45, 7) is 4.90. The molecule has 1 atom stereocenters. The third-order valence-electron chi connectivity index (χ3n) is 6.38. The van der Waals surface area contributed by atoms with Crippen LogP contribution in [0.4, 0.5) is 0 Å². The van der Waals surface area contributed by atoms with Crippen molar-refractivity contribution in [2.45, 2.75) is 39.2 Å². The maximum Gasteiger partial charge on any atom is 0.255 e. The van der Waals surface area contributed by atoms with E-state index in [2.05, 4.69) is 15.6 Å². The average molecular weight is 514 g/mol. The van der Waals surface area contributed by atoms with E-state index in [0.29, 0.717) is 36.4 Å². The number of H-pyrrole nitrogens is 1. The van der Waals surface area contributed by atoms with Gasteiger partial charge in [0.1, 0.15) is 5.75 Å². The predicted octanol–water partition coefficient (Wildman–Crippen LogP) is 5.10. The zero-order chi connectivity index (χ0) is 26.9. The Bertz CT molecular complexity index is 1390. The van der Waals surface area contributed by atoms with Crippen molar-refractivity contribution in [2.24, 2.45) is 0 Å². The summed E-state index contributed by atoms with van der Waals surface area (Å²) >= 11 is 0. The Hall–Kier alpha value is -4.10. The van der Waals surface area contributed by atoms with Gasteiger partial charge in [-0.1, -0.05) is 50.2 Å². The topological polar surface area (TPSA) is 103 Å². The van der Waals surface area contributed by atoms with Crippen LogP contribution in [0.25, 0.3) is 22.0 Å². The van der Waals surface area contributed by atoms with Crippen LogP contribution in [-0.4, -0.2) is 47.7 Å². The van der Waals surface area contributed by atoms with Gasteiger partial charge in [-0.15, -0.1) is 0 Å². The van der Waals surface area contributed by atoms with Crippen molar-refractivity contribution in [3.63, 3.8) is 0 Å². The van der Waals surface area contributed by atoms with Crippen LogP contribution in [0.3, 0.4) is 0 Å². The molecule has 4 N–H and O–H groups in total. The molecule has 2 amide bonds. The van der Waals surface area contributed by atoms with Gasteiger partial charge >= 0.3 is 0 Å². The molecule has 7 heteroatoms. The Balaban J connectivity index is 1.59. The number of hydrogen-bond acceptors (Lipinski definition) is 4. The molecule has 0 unspecified atom stereocenters. The number of amides is 2. The number of para-hydroxylation sites is 1. The predicted molar refractivity (Wildman–Crippen MR) is 151 cm³/mol. The highest BCUT2D eigenvalue weighted by Crippen LogP contribution is 2.28. The number of carbonyl (C=O) groups is 2. The van der Waals surface area contributed by atoms with E-state index in [0.717, 1.165) is 40.4 Å². The molecule has 1 heterocycles. The molecule has 0 radical (unpaired) electrons. The van der Waals surface area contributed by atoms with Crippen LogP contribution in [0.15, 0.2) is 72.9 Å². The van der Waals surface area contributed by atoms with Crippen molar-refractivity contribution in [3.8, 4) is 16.9 Å². The molecule has 4 rings (SSSR count). The number of aliphatic hydroxyl groups excluding tert-OH is 1. The maximum atomic E-state index is 13.5. The lowest BCUT2D eigenvalue weighted by Gasteiger charge is -2.18.